The van der Waals surface area contributed by atoms with Crippen LogP contribution in [0.25, 0.3) is 22.2 Å². The lowest BCUT2D eigenvalue weighted by Gasteiger charge is -2.08. The second-order valence-electron chi connectivity index (χ2n) is 6.88. The van der Waals surface area contributed by atoms with E-state index in [9.17, 15) is 19.5 Å². The summed E-state index contributed by atoms with van der Waals surface area (Å²) >= 11 is 0. The fourth-order valence-electron chi connectivity index (χ4n) is 3.54. The SMILES string of the molecule is COc1ccc(-c2c(C(=O)c3ccccc3O)[nH]c3c2c(=O)n(C)c(=O)n3C)cc1. The second-order valence-corrected chi connectivity index (χ2v) is 6.88. The molecule has 2 aromatic heterocycles. The molecule has 0 saturated heterocycles. The van der Waals surface area contributed by atoms with Gasteiger partial charge in [-0.05, 0) is 29.8 Å². The molecule has 0 fully saturated rings. The quantitative estimate of drug-likeness (QED) is 0.506. The summed E-state index contributed by atoms with van der Waals surface area (Å²) in [7, 11) is 4.45. The zero-order valence-electron chi connectivity index (χ0n) is 16.6. The lowest BCUT2D eigenvalue weighted by Crippen LogP contribution is -2.36. The van der Waals surface area contributed by atoms with Gasteiger partial charge in [0.1, 0.15) is 17.1 Å². The number of ketones is 1. The molecule has 8 nitrogen and oxygen atoms in total. The second kappa shape index (κ2) is 7.07. The zero-order chi connectivity index (χ0) is 21.6. The highest BCUT2D eigenvalue weighted by Gasteiger charge is 2.26. The van der Waals surface area contributed by atoms with Crippen molar-refractivity contribution >= 4 is 16.8 Å². The number of benzene rings is 2. The number of methoxy groups -OCH3 is 1. The number of H-pyrrole nitrogens is 1. The Morgan fingerprint density at radius 2 is 1.67 bits per heavy atom. The number of phenols is 1. The van der Waals surface area contributed by atoms with Gasteiger partial charge < -0.3 is 14.8 Å². The van der Waals surface area contributed by atoms with Gasteiger partial charge >= 0.3 is 5.69 Å². The van der Waals surface area contributed by atoms with Crippen molar-refractivity contribution in [2.75, 3.05) is 7.11 Å². The summed E-state index contributed by atoms with van der Waals surface area (Å²) in [6.07, 6.45) is 0. The number of para-hydroxylation sites is 1. The highest BCUT2D eigenvalue weighted by molar-refractivity contribution is 6.17. The van der Waals surface area contributed by atoms with Crippen molar-refractivity contribution < 1.29 is 14.6 Å². The minimum Gasteiger partial charge on any atom is -0.507 e. The molecule has 0 radical (unpaired) electrons. The summed E-state index contributed by atoms with van der Waals surface area (Å²) in [5.41, 5.74) is 0.333. The average molecular weight is 405 g/mol. The highest BCUT2D eigenvalue weighted by atomic mass is 16.5. The van der Waals surface area contributed by atoms with Crippen LogP contribution in [0.2, 0.25) is 0 Å². The molecule has 30 heavy (non-hydrogen) atoms. The van der Waals surface area contributed by atoms with E-state index < -0.39 is 17.0 Å². The summed E-state index contributed by atoms with van der Waals surface area (Å²) in [6, 6.07) is 13.1. The molecule has 4 aromatic rings. The molecule has 0 saturated carbocycles. The van der Waals surface area contributed by atoms with Crippen LogP contribution in [0.3, 0.4) is 0 Å². The average Bonchev–Trinajstić information content (AvgIpc) is 3.17. The third kappa shape index (κ3) is 2.81. The molecule has 2 N–H and O–H groups in total. The number of carbonyl (C=O) groups is 1. The highest BCUT2D eigenvalue weighted by Crippen LogP contribution is 2.33. The Labute approximate surface area is 170 Å². The minimum atomic E-state index is -0.522. The maximum atomic E-state index is 13.3. The van der Waals surface area contributed by atoms with Crippen LogP contribution in [0, 0.1) is 0 Å². The number of nitrogens with one attached hydrogen (secondary N) is 1. The van der Waals surface area contributed by atoms with Crippen LogP contribution in [0.4, 0.5) is 0 Å². The van der Waals surface area contributed by atoms with E-state index in [1.807, 2.05) is 0 Å². The van der Waals surface area contributed by atoms with Gasteiger partial charge in [-0.25, -0.2) is 4.79 Å². The number of hydrogen-bond acceptors (Lipinski definition) is 5. The Hall–Kier alpha value is -4.07. The maximum Gasteiger partial charge on any atom is 0.332 e. The molecular formula is C22H19N3O5. The molecule has 0 unspecified atom stereocenters. The number of aromatic hydroxyl groups is 1. The standard InChI is InChI=1S/C22H19N3O5/c1-24-20-17(21(28)25(2)22(24)29)16(12-8-10-13(30-3)11-9-12)18(23-20)19(27)14-6-4-5-7-15(14)26/h4-11,23,26H,1-3H3. The van der Waals surface area contributed by atoms with Crippen LogP contribution in [-0.4, -0.2) is 32.1 Å². The number of aromatic amines is 1. The van der Waals surface area contributed by atoms with Gasteiger partial charge in [0.2, 0.25) is 5.78 Å². The molecular weight excluding hydrogens is 386 g/mol. The Bertz CT molecular complexity index is 1410. The maximum absolute atomic E-state index is 13.3. The molecule has 0 aliphatic rings. The Balaban J connectivity index is 2.12. The van der Waals surface area contributed by atoms with Gasteiger partial charge in [-0.1, -0.05) is 24.3 Å². The van der Waals surface area contributed by atoms with Gasteiger partial charge in [0.25, 0.3) is 5.56 Å². The van der Waals surface area contributed by atoms with E-state index in [2.05, 4.69) is 4.98 Å². The number of nitrogens with zero attached hydrogens (tertiary/aromatic N) is 2. The number of ether oxygens (including phenoxy) is 1. The summed E-state index contributed by atoms with van der Waals surface area (Å²) in [5.74, 6) is -0.0549. The molecule has 0 spiro atoms. The van der Waals surface area contributed by atoms with Crippen LogP contribution in [0.5, 0.6) is 11.5 Å². The molecule has 0 aliphatic carbocycles. The van der Waals surface area contributed by atoms with Gasteiger partial charge in [-0.15, -0.1) is 0 Å². The summed E-state index contributed by atoms with van der Waals surface area (Å²) in [4.78, 5) is 41.7. The van der Waals surface area contributed by atoms with Crippen molar-refractivity contribution in [2.45, 2.75) is 0 Å². The lowest BCUT2D eigenvalue weighted by molar-refractivity contribution is 0.103. The minimum absolute atomic E-state index is 0.0839. The van der Waals surface area contributed by atoms with Gasteiger partial charge in [-0.3, -0.25) is 18.7 Å². The van der Waals surface area contributed by atoms with E-state index in [1.165, 1.54) is 30.8 Å². The van der Waals surface area contributed by atoms with E-state index in [0.717, 1.165) is 4.57 Å². The van der Waals surface area contributed by atoms with Gasteiger partial charge in [-0.2, -0.15) is 0 Å². The van der Waals surface area contributed by atoms with Crippen molar-refractivity contribution in [3.8, 4) is 22.6 Å². The molecule has 4 rings (SSSR count). The van der Waals surface area contributed by atoms with Gasteiger partial charge in [0, 0.05) is 19.7 Å². The topological polar surface area (TPSA) is 106 Å². The van der Waals surface area contributed by atoms with Crippen molar-refractivity contribution in [3.63, 3.8) is 0 Å². The van der Waals surface area contributed by atoms with E-state index in [0.29, 0.717) is 16.9 Å². The normalized spacial score (nSPS) is 11.0. The monoisotopic (exact) mass is 405 g/mol. The smallest absolute Gasteiger partial charge is 0.332 e. The van der Waals surface area contributed by atoms with Crippen LogP contribution in [-0.2, 0) is 14.1 Å². The molecule has 8 heteroatoms. The molecule has 2 aromatic carbocycles. The van der Waals surface area contributed by atoms with E-state index >= 15 is 0 Å². The van der Waals surface area contributed by atoms with E-state index in [4.69, 9.17) is 4.74 Å². The Morgan fingerprint density at radius 3 is 2.30 bits per heavy atom. The third-order valence-electron chi connectivity index (χ3n) is 5.16. The first-order valence-corrected chi connectivity index (χ1v) is 9.14. The number of phenolic OH excluding ortho intramolecular Hbond substituents is 1. The number of carbonyl (C=O) groups excluding carboxylic acids is 1. The first-order valence-electron chi connectivity index (χ1n) is 9.14. The Morgan fingerprint density at radius 1 is 1.00 bits per heavy atom. The number of hydrogen-bond donors (Lipinski definition) is 2. The molecule has 0 atom stereocenters. The largest absolute Gasteiger partial charge is 0.507 e. The molecule has 152 valence electrons. The predicted molar refractivity (Wildman–Crippen MR) is 112 cm³/mol. The van der Waals surface area contributed by atoms with E-state index in [1.54, 1.807) is 43.5 Å². The van der Waals surface area contributed by atoms with Crippen molar-refractivity contribution in [2.24, 2.45) is 14.1 Å². The van der Waals surface area contributed by atoms with Gasteiger partial charge in [0.15, 0.2) is 0 Å². The van der Waals surface area contributed by atoms with Gasteiger partial charge in [0.05, 0.1) is 23.8 Å². The molecule has 2 heterocycles. The summed E-state index contributed by atoms with van der Waals surface area (Å²) in [5, 5.41) is 10.4. The number of aromatic nitrogens is 3. The van der Waals surface area contributed by atoms with E-state index in [-0.39, 0.29) is 28.0 Å². The zero-order valence-corrected chi connectivity index (χ0v) is 16.6. The van der Waals surface area contributed by atoms with Crippen molar-refractivity contribution in [3.05, 3.63) is 80.6 Å². The summed E-state index contributed by atoms with van der Waals surface area (Å²) in [6.45, 7) is 0. The van der Waals surface area contributed by atoms with Crippen LogP contribution < -0.4 is 16.0 Å². The predicted octanol–water partition coefficient (Wildman–Crippen LogP) is 2.18. The molecule has 0 aliphatic heterocycles. The first kappa shape index (κ1) is 19.3. The lowest BCUT2D eigenvalue weighted by atomic mass is 9.98. The number of aryl methyl sites for hydroxylation is 1. The van der Waals surface area contributed by atoms with Crippen LogP contribution in [0.1, 0.15) is 16.1 Å². The Kier molecular flexibility index (Phi) is 4.54. The molecule has 0 amide bonds. The van der Waals surface area contributed by atoms with Crippen molar-refractivity contribution in [1.29, 1.82) is 0 Å². The fourth-order valence-corrected chi connectivity index (χ4v) is 3.54. The number of rotatable bonds is 4. The van der Waals surface area contributed by atoms with Crippen LogP contribution >= 0.6 is 0 Å². The van der Waals surface area contributed by atoms with Crippen LogP contribution in [0.15, 0.2) is 58.1 Å². The third-order valence-corrected chi connectivity index (χ3v) is 5.16. The van der Waals surface area contributed by atoms with Crippen molar-refractivity contribution in [1.82, 2.24) is 14.1 Å². The first-order chi connectivity index (χ1) is 14.3. The summed E-state index contributed by atoms with van der Waals surface area (Å²) < 4.78 is 7.48. The number of fused-ring (bicyclic) bond motifs is 1. The molecule has 0 bridgehead atoms. The fraction of sp³-hybridized carbons (Fsp3) is 0.136.